The number of hydrogen-bond donors (Lipinski definition) is 3. The lowest BCUT2D eigenvalue weighted by Gasteiger charge is -2.09. The molecule has 0 unspecified atom stereocenters. The summed E-state index contributed by atoms with van der Waals surface area (Å²) in [5.74, 6) is -1.91. The molecule has 1 rings (SSSR count). The number of aromatic nitrogens is 1. The summed E-state index contributed by atoms with van der Waals surface area (Å²) in [6.45, 7) is 3.27. The number of carbonyl (C=O) groups is 2. The third-order valence-electron chi connectivity index (χ3n) is 2.46. The zero-order valence-electron chi connectivity index (χ0n) is 12.7. The normalized spacial score (nSPS) is 11.6. The highest BCUT2D eigenvalue weighted by molar-refractivity contribution is 7.89. The summed E-state index contributed by atoms with van der Waals surface area (Å²) < 4.78 is 30.5. The van der Waals surface area contributed by atoms with Gasteiger partial charge in [-0.25, -0.2) is 22.9 Å². The van der Waals surface area contributed by atoms with Crippen LogP contribution in [-0.4, -0.2) is 55.4 Å². The summed E-state index contributed by atoms with van der Waals surface area (Å²) in [4.78, 5) is 26.0. The number of carboxylic acid groups (broad SMARTS) is 1. The van der Waals surface area contributed by atoms with Crippen molar-refractivity contribution >= 4 is 33.2 Å². The molecule has 3 N–H and O–H groups in total. The van der Waals surface area contributed by atoms with E-state index in [0.717, 1.165) is 11.3 Å². The second-order valence-corrected chi connectivity index (χ2v) is 7.64. The lowest BCUT2D eigenvalue weighted by atomic mass is 10.5. The Hall–Kier alpha value is -1.56. The number of hydrogen-bond acceptors (Lipinski definition) is 7. The standard InChI is InChI=1S/C12H19N3O6S2/c1-8(2)21-3-4-23(19,20)14-5-10(16)13-6-11-15-9(7-22-11)12(17)18/h7-8,14H,3-6H2,1-2H3,(H,13,16)(H,17,18). The van der Waals surface area contributed by atoms with Crippen LogP contribution in [0.4, 0.5) is 0 Å². The summed E-state index contributed by atoms with van der Waals surface area (Å²) in [5.41, 5.74) is -0.0925. The van der Waals surface area contributed by atoms with Gasteiger partial charge < -0.3 is 15.2 Å². The lowest BCUT2D eigenvalue weighted by Crippen LogP contribution is -2.38. The van der Waals surface area contributed by atoms with Crippen molar-refractivity contribution in [2.75, 3.05) is 18.9 Å². The van der Waals surface area contributed by atoms with Gasteiger partial charge in [0.2, 0.25) is 15.9 Å². The number of thiazole rings is 1. The van der Waals surface area contributed by atoms with Gasteiger partial charge >= 0.3 is 5.97 Å². The average molecular weight is 365 g/mol. The quantitative estimate of drug-likeness (QED) is 0.523. The smallest absolute Gasteiger partial charge is 0.355 e. The van der Waals surface area contributed by atoms with Gasteiger partial charge in [-0.3, -0.25) is 4.79 Å². The van der Waals surface area contributed by atoms with E-state index in [-0.39, 0.29) is 30.7 Å². The van der Waals surface area contributed by atoms with E-state index in [1.165, 1.54) is 5.38 Å². The fourth-order valence-electron chi connectivity index (χ4n) is 1.37. The first-order valence-corrected chi connectivity index (χ1v) is 9.26. The van der Waals surface area contributed by atoms with Crippen LogP contribution in [0.1, 0.15) is 29.3 Å². The highest BCUT2D eigenvalue weighted by Gasteiger charge is 2.13. The van der Waals surface area contributed by atoms with Gasteiger partial charge in [-0.05, 0) is 13.8 Å². The van der Waals surface area contributed by atoms with E-state index in [1.807, 2.05) is 0 Å². The molecule has 0 saturated carbocycles. The van der Waals surface area contributed by atoms with Crippen molar-refractivity contribution in [2.45, 2.75) is 26.5 Å². The van der Waals surface area contributed by atoms with E-state index in [9.17, 15) is 18.0 Å². The van der Waals surface area contributed by atoms with Crippen LogP contribution in [0.25, 0.3) is 0 Å². The maximum Gasteiger partial charge on any atom is 0.355 e. The van der Waals surface area contributed by atoms with E-state index in [0.29, 0.717) is 5.01 Å². The molecule has 9 nitrogen and oxygen atoms in total. The number of nitrogens with one attached hydrogen (secondary N) is 2. The number of carboxylic acids is 1. The zero-order chi connectivity index (χ0) is 17.5. The van der Waals surface area contributed by atoms with Gasteiger partial charge in [0.05, 0.1) is 31.6 Å². The maximum atomic E-state index is 11.6. The fraction of sp³-hybridized carbons (Fsp3) is 0.583. The van der Waals surface area contributed by atoms with Gasteiger partial charge in [0, 0.05) is 5.38 Å². The largest absolute Gasteiger partial charge is 0.476 e. The SMILES string of the molecule is CC(C)OCCS(=O)(=O)NCC(=O)NCc1nc(C(=O)O)cs1. The Morgan fingerprint density at radius 1 is 1.43 bits per heavy atom. The van der Waals surface area contributed by atoms with Gasteiger partial charge in [-0.15, -0.1) is 11.3 Å². The molecule has 1 aromatic rings. The van der Waals surface area contributed by atoms with Gasteiger partial charge in [-0.1, -0.05) is 0 Å². The third kappa shape index (κ3) is 8.02. The highest BCUT2D eigenvalue weighted by Crippen LogP contribution is 2.09. The molecule has 1 heterocycles. The third-order valence-corrected chi connectivity index (χ3v) is 4.60. The summed E-state index contributed by atoms with van der Waals surface area (Å²) in [6.07, 6.45) is -0.0671. The highest BCUT2D eigenvalue weighted by atomic mass is 32.2. The summed E-state index contributed by atoms with van der Waals surface area (Å²) in [7, 11) is -3.59. The van der Waals surface area contributed by atoms with Gasteiger partial charge in [0.15, 0.2) is 5.69 Å². The van der Waals surface area contributed by atoms with Gasteiger partial charge in [-0.2, -0.15) is 0 Å². The van der Waals surface area contributed by atoms with E-state index in [1.54, 1.807) is 13.8 Å². The van der Waals surface area contributed by atoms with E-state index in [4.69, 9.17) is 9.84 Å². The predicted octanol–water partition coefficient (Wildman–Crippen LogP) is -0.198. The summed E-state index contributed by atoms with van der Waals surface area (Å²) >= 11 is 1.10. The second kappa shape index (κ2) is 8.91. The minimum atomic E-state index is -3.59. The number of ether oxygens (including phenoxy) is 1. The first kappa shape index (κ1) is 19.5. The van der Waals surface area contributed by atoms with Crippen LogP contribution >= 0.6 is 11.3 Å². The van der Waals surface area contributed by atoms with Crippen molar-refractivity contribution in [1.29, 1.82) is 0 Å². The molecule has 0 fully saturated rings. The molecule has 0 radical (unpaired) electrons. The lowest BCUT2D eigenvalue weighted by molar-refractivity contribution is -0.120. The van der Waals surface area contributed by atoms with Crippen LogP contribution in [0.2, 0.25) is 0 Å². The van der Waals surface area contributed by atoms with Crippen LogP contribution < -0.4 is 10.0 Å². The minimum Gasteiger partial charge on any atom is -0.476 e. The van der Waals surface area contributed by atoms with Crippen molar-refractivity contribution in [1.82, 2.24) is 15.0 Å². The molecular formula is C12H19N3O6S2. The number of rotatable bonds is 10. The van der Waals surface area contributed by atoms with Crippen molar-refractivity contribution in [3.8, 4) is 0 Å². The minimum absolute atomic E-state index is 0.0367. The Labute approximate surface area is 138 Å². The van der Waals surface area contributed by atoms with Gasteiger partial charge in [0.1, 0.15) is 5.01 Å². The average Bonchev–Trinajstić information content (AvgIpc) is 2.91. The van der Waals surface area contributed by atoms with Crippen LogP contribution in [0, 0.1) is 0 Å². The Balaban J connectivity index is 2.31. The Morgan fingerprint density at radius 3 is 2.70 bits per heavy atom. The molecule has 11 heteroatoms. The molecular weight excluding hydrogens is 346 g/mol. The molecule has 0 saturated heterocycles. The Bertz CT molecular complexity index is 641. The van der Waals surface area contributed by atoms with Crippen LogP contribution in [0.15, 0.2) is 5.38 Å². The van der Waals surface area contributed by atoms with Crippen LogP contribution in [0.3, 0.4) is 0 Å². The van der Waals surface area contributed by atoms with Crippen molar-refractivity contribution in [3.63, 3.8) is 0 Å². The molecule has 23 heavy (non-hydrogen) atoms. The van der Waals surface area contributed by atoms with Crippen molar-refractivity contribution in [2.24, 2.45) is 0 Å². The Kier molecular flexibility index (Phi) is 7.55. The maximum absolute atomic E-state index is 11.6. The number of amides is 1. The van der Waals surface area contributed by atoms with Crippen molar-refractivity contribution in [3.05, 3.63) is 16.1 Å². The monoisotopic (exact) mass is 365 g/mol. The topological polar surface area (TPSA) is 135 Å². The molecule has 0 bridgehead atoms. The van der Waals surface area contributed by atoms with E-state index < -0.39 is 28.4 Å². The summed E-state index contributed by atoms with van der Waals surface area (Å²) in [6, 6.07) is 0. The molecule has 0 aromatic carbocycles. The first-order chi connectivity index (χ1) is 10.7. The number of carbonyl (C=O) groups excluding carboxylic acids is 1. The van der Waals surface area contributed by atoms with Crippen LogP contribution in [0.5, 0.6) is 0 Å². The second-order valence-electron chi connectivity index (χ2n) is 4.77. The number of nitrogens with zero attached hydrogens (tertiary/aromatic N) is 1. The zero-order valence-corrected chi connectivity index (χ0v) is 14.4. The molecule has 1 aromatic heterocycles. The van der Waals surface area contributed by atoms with Crippen LogP contribution in [-0.2, 0) is 26.1 Å². The Morgan fingerprint density at radius 2 is 2.13 bits per heavy atom. The fourth-order valence-corrected chi connectivity index (χ4v) is 2.89. The number of aromatic carboxylic acids is 1. The number of sulfonamides is 1. The first-order valence-electron chi connectivity index (χ1n) is 6.73. The molecule has 0 atom stereocenters. The van der Waals surface area contributed by atoms with E-state index >= 15 is 0 Å². The molecule has 0 aliphatic heterocycles. The molecule has 130 valence electrons. The molecule has 1 amide bonds. The van der Waals surface area contributed by atoms with Gasteiger partial charge in [0.25, 0.3) is 0 Å². The summed E-state index contributed by atoms with van der Waals surface area (Å²) in [5, 5.41) is 13.0. The molecule has 0 spiro atoms. The van der Waals surface area contributed by atoms with E-state index in [2.05, 4.69) is 15.0 Å². The molecule has 0 aliphatic carbocycles. The molecule has 0 aliphatic rings. The predicted molar refractivity (Wildman–Crippen MR) is 83.8 cm³/mol. The van der Waals surface area contributed by atoms with Crippen molar-refractivity contribution < 1.29 is 27.9 Å².